The number of carbonyl (C=O) groups is 1. The van der Waals surface area contributed by atoms with E-state index in [1.165, 1.54) is 13.4 Å². The van der Waals surface area contributed by atoms with E-state index in [2.05, 4.69) is 9.97 Å². The van der Waals surface area contributed by atoms with Crippen molar-refractivity contribution in [3.63, 3.8) is 0 Å². The molecule has 8 heteroatoms. The van der Waals surface area contributed by atoms with Gasteiger partial charge in [-0.3, -0.25) is 9.59 Å². The molecule has 0 aliphatic carbocycles. The molecule has 1 aromatic rings. The third-order valence-corrected chi connectivity index (χ3v) is 3.02. The summed E-state index contributed by atoms with van der Waals surface area (Å²) in [6.07, 6.45) is 1.54. The summed E-state index contributed by atoms with van der Waals surface area (Å²) < 4.78 is 4.98. The molecule has 2 heterocycles. The summed E-state index contributed by atoms with van der Waals surface area (Å²) in [5.41, 5.74) is 4.04. The number of aromatic nitrogens is 2. The zero-order chi connectivity index (χ0) is 13.3. The number of rotatable bonds is 3. The molecule has 1 atom stereocenters. The number of carboxylic acid groups (broad SMARTS) is 1. The number of aromatic amines is 1. The fraction of sp³-hybridized carbons (Fsp3) is 0.500. The van der Waals surface area contributed by atoms with Gasteiger partial charge in [0.2, 0.25) is 5.75 Å². The molecule has 18 heavy (non-hydrogen) atoms. The van der Waals surface area contributed by atoms with E-state index in [-0.39, 0.29) is 12.3 Å². The number of H-pyrrole nitrogens is 1. The first kappa shape index (κ1) is 12.4. The van der Waals surface area contributed by atoms with Crippen molar-refractivity contribution in [1.82, 2.24) is 9.97 Å². The van der Waals surface area contributed by atoms with Crippen LogP contribution in [0.1, 0.15) is 6.42 Å². The molecular formula is C10H14N4O4. The van der Waals surface area contributed by atoms with Gasteiger partial charge in [0, 0.05) is 13.1 Å². The monoisotopic (exact) mass is 254 g/mol. The van der Waals surface area contributed by atoms with Crippen LogP contribution in [-0.4, -0.2) is 46.8 Å². The second-order valence-electron chi connectivity index (χ2n) is 4.22. The fourth-order valence-corrected chi connectivity index (χ4v) is 1.98. The van der Waals surface area contributed by atoms with E-state index in [4.69, 9.17) is 15.6 Å². The summed E-state index contributed by atoms with van der Waals surface area (Å²) >= 11 is 0. The summed E-state index contributed by atoms with van der Waals surface area (Å²) in [7, 11) is 1.36. The number of ether oxygens (including phenoxy) is 1. The van der Waals surface area contributed by atoms with E-state index >= 15 is 0 Å². The first-order valence-electron chi connectivity index (χ1n) is 5.37. The van der Waals surface area contributed by atoms with Crippen molar-refractivity contribution in [1.29, 1.82) is 0 Å². The van der Waals surface area contributed by atoms with Crippen molar-refractivity contribution >= 4 is 11.8 Å². The first-order valence-corrected chi connectivity index (χ1v) is 5.37. The van der Waals surface area contributed by atoms with Crippen LogP contribution in [0.15, 0.2) is 11.1 Å². The van der Waals surface area contributed by atoms with Crippen molar-refractivity contribution in [3.8, 4) is 5.75 Å². The van der Waals surface area contributed by atoms with Crippen LogP contribution in [0.5, 0.6) is 5.75 Å². The number of methoxy groups -OCH3 is 1. The lowest BCUT2D eigenvalue weighted by Crippen LogP contribution is -2.50. The van der Waals surface area contributed by atoms with E-state index < -0.39 is 17.1 Å². The summed E-state index contributed by atoms with van der Waals surface area (Å²) in [6.45, 7) is 0.505. The zero-order valence-electron chi connectivity index (χ0n) is 9.84. The molecule has 4 N–H and O–H groups in total. The summed E-state index contributed by atoms with van der Waals surface area (Å²) in [6, 6.07) is 0. The highest BCUT2D eigenvalue weighted by Gasteiger charge is 2.42. The van der Waals surface area contributed by atoms with Crippen molar-refractivity contribution < 1.29 is 14.6 Å². The molecule has 1 saturated heterocycles. The number of carboxylic acids is 1. The Bertz CT molecular complexity index is 529. The van der Waals surface area contributed by atoms with Gasteiger partial charge in [0.05, 0.1) is 13.4 Å². The van der Waals surface area contributed by atoms with Gasteiger partial charge in [-0.25, -0.2) is 4.98 Å². The third-order valence-electron chi connectivity index (χ3n) is 3.02. The van der Waals surface area contributed by atoms with Gasteiger partial charge in [0.15, 0.2) is 5.82 Å². The highest BCUT2D eigenvalue weighted by atomic mass is 16.5. The minimum absolute atomic E-state index is 0.0622. The van der Waals surface area contributed by atoms with Crippen molar-refractivity contribution in [3.05, 3.63) is 16.7 Å². The normalized spacial score (nSPS) is 23.1. The standard InChI is InChI=1S/C10H14N4O4/c1-18-6-7(12-5-13-8(6)15)14-3-2-10(11,4-14)9(16)17/h5H,2-4,11H2,1H3,(H,16,17)(H,12,13,15). The number of hydrogen-bond acceptors (Lipinski definition) is 6. The molecule has 0 bridgehead atoms. The third kappa shape index (κ3) is 1.90. The number of aliphatic carboxylic acids is 1. The number of nitrogens with zero attached hydrogens (tertiary/aromatic N) is 2. The van der Waals surface area contributed by atoms with Gasteiger partial charge in [0.1, 0.15) is 5.54 Å². The lowest BCUT2D eigenvalue weighted by Gasteiger charge is -2.21. The molecule has 1 aliphatic heterocycles. The molecular weight excluding hydrogens is 240 g/mol. The lowest BCUT2D eigenvalue weighted by atomic mass is 10.0. The highest BCUT2D eigenvalue weighted by Crippen LogP contribution is 2.28. The molecule has 0 spiro atoms. The maximum Gasteiger partial charge on any atom is 0.325 e. The van der Waals surface area contributed by atoms with E-state index in [1.54, 1.807) is 4.90 Å². The quantitative estimate of drug-likeness (QED) is 0.617. The highest BCUT2D eigenvalue weighted by molar-refractivity contribution is 5.80. The average molecular weight is 254 g/mol. The second-order valence-corrected chi connectivity index (χ2v) is 4.22. The van der Waals surface area contributed by atoms with Crippen LogP contribution in [0.3, 0.4) is 0 Å². The Morgan fingerprint density at radius 3 is 3.00 bits per heavy atom. The van der Waals surface area contributed by atoms with E-state index in [9.17, 15) is 9.59 Å². The van der Waals surface area contributed by atoms with Crippen LogP contribution < -0.4 is 20.9 Å². The number of anilines is 1. The molecule has 8 nitrogen and oxygen atoms in total. The van der Waals surface area contributed by atoms with Gasteiger partial charge in [-0.1, -0.05) is 0 Å². The lowest BCUT2D eigenvalue weighted by molar-refractivity contribution is -0.142. The first-order chi connectivity index (χ1) is 8.48. The van der Waals surface area contributed by atoms with Crippen LogP contribution in [0.4, 0.5) is 5.82 Å². The predicted molar refractivity (Wildman–Crippen MR) is 62.8 cm³/mol. The molecule has 1 aromatic heterocycles. The smallest absolute Gasteiger partial charge is 0.325 e. The Balaban J connectivity index is 2.33. The minimum atomic E-state index is -1.31. The van der Waals surface area contributed by atoms with Crippen LogP contribution >= 0.6 is 0 Å². The molecule has 2 rings (SSSR count). The minimum Gasteiger partial charge on any atom is -0.489 e. The van der Waals surface area contributed by atoms with E-state index in [0.29, 0.717) is 18.8 Å². The summed E-state index contributed by atoms with van der Waals surface area (Å²) in [5, 5.41) is 9.05. The van der Waals surface area contributed by atoms with Gasteiger partial charge >= 0.3 is 5.97 Å². The second kappa shape index (κ2) is 4.30. The van der Waals surface area contributed by atoms with Crippen LogP contribution in [-0.2, 0) is 4.79 Å². The molecule has 98 valence electrons. The van der Waals surface area contributed by atoms with Gasteiger partial charge in [-0.05, 0) is 6.42 Å². The predicted octanol–water partition coefficient (Wildman–Crippen LogP) is -1.23. The Kier molecular flexibility index (Phi) is 2.95. The average Bonchev–Trinajstić information content (AvgIpc) is 2.73. The Morgan fingerprint density at radius 1 is 1.72 bits per heavy atom. The van der Waals surface area contributed by atoms with Gasteiger partial charge in [-0.15, -0.1) is 0 Å². The molecule has 1 unspecified atom stereocenters. The Hall–Kier alpha value is -2.09. The number of nitrogens with one attached hydrogen (secondary N) is 1. The van der Waals surface area contributed by atoms with Crippen molar-refractivity contribution in [2.45, 2.75) is 12.0 Å². The SMILES string of the molecule is COc1c(N2CCC(N)(C(=O)O)C2)nc[nH]c1=O. The molecule has 0 radical (unpaired) electrons. The van der Waals surface area contributed by atoms with E-state index in [1.807, 2.05) is 0 Å². The van der Waals surface area contributed by atoms with E-state index in [0.717, 1.165) is 0 Å². The number of hydrogen-bond donors (Lipinski definition) is 3. The molecule has 1 aliphatic rings. The Morgan fingerprint density at radius 2 is 2.44 bits per heavy atom. The van der Waals surface area contributed by atoms with Gasteiger partial charge in [0.25, 0.3) is 5.56 Å². The van der Waals surface area contributed by atoms with Crippen molar-refractivity contribution in [2.75, 3.05) is 25.1 Å². The van der Waals surface area contributed by atoms with Crippen LogP contribution in [0, 0.1) is 0 Å². The maximum absolute atomic E-state index is 11.5. The fourth-order valence-electron chi connectivity index (χ4n) is 1.98. The largest absolute Gasteiger partial charge is 0.489 e. The number of nitrogens with two attached hydrogens (primary N) is 1. The zero-order valence-corrected chi connectivity index (χ0v) is 9.84. The molecule has 1 fully saturated rings. The Labute approximate surface area is 102 Å². The maximum atomic E-state index is 11.5. The van der Waals surface area contributed by atoms with Crippen LogP contribution in [0.2, 0.25) is 0 Å². The van der Waals surface area contributed by atoms with Crippen molar-refractivity contribution in [2.24, 2.45) is 5.73 Å². The summed E-state index contributed by atoms with van der Waals surface area (Å²) in [5.74, 6) is -0.684. The van der Waals surface area contributed by atoms with Gasteiger partial charge in [-0.2, -0.15) is 0 Å². The molecule has 0 amide bonds. The van der Waals surface area contributed by atoms with Crippen LogP contribution in [0.25, 0.3) is 0 Å². The molecule has 0 saturated carbocycles. The molecule has 0 aromatic carbocycles. The topological polar surface area (TPSA) is 122 Å². The van der Waals surface area contributed by atoms with Gasteiger partial charge < -0.3 is 25.5 Å². The summed E-state index contributed by atoms with van der Waals surface area (Å²) in [4.78, 5) is 30.6.